The molecule has 1 aromatic rings. The van der Waals surface area contributed by atoms with Gasteiger partial charge in [-0.3, -0.25) is 0 Å². The van der Waals surface area contributed by atoms with Crippen LogP contribution in [0.15, 0.2) is 35.4 Å². The van der Waals surface area contributed by atoms with E-state index in [9.17, 15) is 4.79 Å². The SMILES string of the molecule is CC1(C)OC2C(O1)[C@@H](OCc1ccccc1)O[C@@H](CCC=O)C2N=[N+]=[N-]. The third-order valence-electron chi connectivity index (χ3n) is 4.47. The smallest absolute Gasteiger partial charge is 0.187 e. The van der Waals surface area contributed by atoms with Gasteiger partial charge in [-0.25, -0.2) is 0 Å². The molecule has 2 aliphatic rings. The summed E-state index contributed by atoms with van der Waals surface area (Å²) in [5, 5.41) is 3.86. The zero-order valence-corrected chi connectivity index (χ0v) is 14.9. The molecule has 0 radical (unpaired) electrons. The van der Waals surface area contributed by atoms with E-state index < -0.39 is 36.4 Å². The first kappa shape index (κ1) is 18.8. The zero-order chi connectivity index (χ0) is 18.6. The first-order valence-electron chi connectivity index (χ1n) is 8.68. The largest absolute Gasteiger partial charge is 0.346 e. The molecule has 3 unspecified atom stereocenters. The number of benzene rings is 1. The molecule has 140 valence electrons. The molecule has 0 aromatic heterocycles. The zero-order valence-electron chi connectivity index (χ0n) is 14.9. The van der Waals surface area contributed by atoms with Gasteiger partial charge in [0.25, 0.3) is 0 Å². The standard InChI is InChI=1S/C18H23N3O5/c1-18(2)25-15-14(20-21-19)13(9-6-10-22)24-17(16(15)26-18)23-11-12-7-4-3-5-8-12/h3-5,7-8,10,13-17H,6,9,11H2,1-2H3/t13-,14?,15?,16?,17-/m0/s1. The Balaban J connectivity index is 1.79. The molecular formula is C18H23N3O5. The van der Waals surface area contributed by atoms with E-state index >= 15 is 0 Å². The topological polar surface area (TPSA) is 103 Å². The number of carbonyl (C=O) groups excluding carboxylic acids is 1. The van der Waals surface area contributed by atoms with Crippen molar-refractivity contribution in [2.75, 3.05) is 0 Å². The van der Waals surface area contributed by atoms with E-state index in [-0.39, 0.29) is 0 Å². The summed E-state index contributed by atoms with van der Waals surface area (Å²) >= 11 is 0. The Kier molecular flexibility index (Phi) is 5.90. The number of azide groups is 1. The number of rotatable bonds is 7. The van der Waals surface area contributed by atoms with Crippen molar-refractivity contribution in [1.82, 2.24) is 0 Å². The summed E-state index contributed by atoms with van der Waals surface area (Å²) in [5.74, 6) is -0.837. The van der Waals surface area contributed by atoms with Gasteiger partial charge in [-0.1, -0.05) is 35.4 Å². The molecular weight excluding hydrogens is 338 g/mol. The van der Waals surface area contributed by atoms with E-state index in [0.717, 1.165) is 11.8 Å². The second kappa shape index (κ2) is 8.16. The van der Waals surface area contributed by atoms with Crippen LogP contribution in [0.25, 0.3) is 10.4 Å². The highest BCUT2D eigenvalue weighted by atomic mass is 16.8. The van der Waals surface area contributed by atoms with Gasteiger partial charge in [-0.15, -0.1) is 0 Å². The van der Waals surface area contributed by atoms with Crippen molar-refractivity contribution < 1.29 is 23.7 Å². The molecule has 3 rings (SSSR count). The van der Waals surface area contributed by atoms with Crippen molar-refractivity contribution in [3.63, 3.8) is 0 Å². The van der Waals surface area contributed by atoms with Gasteiger partial charge in [0.15, 0.2) is 12.1 Å². The molecule has 0 spiro atoms. The number of fused-ring (bicyclic) bond motifs is 1. The average Bonchev–Trinajstić information content (AvgIpc) is 2.96. The van der Waals surface area contributed by atoms with Crippen LogP contribution < -0.4 is 0 Å². The number of hydrogen-bond acceptors (Lipinski definition) is 6. The number of aldehydes is 1. The van der Waals surface area contributed by atoms with Crippen LogP contribution in [-0.2, 0) is 30.3 Å². The minimum Gasteiger partial charge on any atom is -0.346 e. The first-order valence-corrected chi connectivity index (χ1v) is 8.68. The van der Waals surface area contributed by atoms with Gasteiger partial charge in [-0.2, -0.15) is 0 Å². The number of ether oxygens (including phenoxy) is 4. The van der Waals surface area contributed by atoms with E-state index in [1.807, 2.05) is 30.3 Å². The Morgan fingerprint density at radius 3 is 2.69 bits per heavy atom. The lowest BCUT2D eigenvalue weighted by atomic mass is 9.94. The maximum atomic E-state index is 10.8. The van der Waals surface area contributed by atoms with Gasteiger partial charge in [0, 0.05) is 11.3 Å². The Labute approximate surface area is 152 Å². The van der Waals surface area contributed by atoms with Crippen LogP contribution in [0, 0.1) is 0 Å². The van der Waals surface area contributed by atoms with Crippen LogP contribution >= 0.6 is 0 Å². The second-order valence-corrected chi connectivity index (χ2v) is 6.84. The van der Waals surface area contributed by atoms with Gasteiger partial charge in [0.05, 0.1) is 18.8 Å². The van der Waals surface area contributed by atoms with E-state index in [0.29, 0.717) is 19.4 Å². The molecule has 26 heavy (non-hydrogen) atoms. The van der Waals surface area contributed by atoms with Crippen LogP contribution in [0.2, 0.25) is 0 Å². The lowest BCUT2D eigenvalue weighted by Crippen LogP contribution is -2.56. The number of hydrogen-bond donors (Lipinski definition) is 0. The molecule has 1 aromatic carbocycles. The van der Waals surface area contributed by atoms with Crippen molar-refractivity contribution in [2.45, 2.75) is 69.7 Å². The Bertz CT molecular complexity index is 662. The minimum atomic E-state index is -0.837. The molecule has 8 nitrogen and oxygen atoms in total. The van der Waals surface area contributed by atoms with Gasteiger partial charge in [0.2, 0.25) is 0 Å². The monoisotopic (exact) mass is 361 g/mol. The van der Waals surface area contributed by atoms with Crippen LogP contribution in [0.4, 0.5) is 0 Å². The van der Waals surface area contributed by atoms with Crippen LogP contribution in [0.5, 0.6) is 0 Å². The highest BCUT2D eigenvalue weighted by molar-refractivity contribution is 5.49. The van der Waals surface area contributed by atoms with Crippen LogP contribution in [-0.4, -0.2) is 42.7 Å². The molecule has 2 aliphatic heterocycles. The predicted molar refractivity (Wildman–Crippen MR) is 91.9 cm³/mol. The molecule has 2 saturated heterocycles. The number of carbonyl (C=O) groups is 1. The summed E-state index contributed by atoms with van der Waals surface area (Å²) in [5.41, 5.74) is 9.94. The van der Waals surface area contributed by atoms with Crippen LogP contribution in [0.3, 0.4) is 0 Å². The second-order valence-electron chi connectivity index (χ2n) is 6.84. The molecule has 2 fully saturated rings. The summed E-state index contributed by atoms with van der Waals surface area (Å²) in [6.07, 6.45) is -0.623. The summed E-state index contributed by atoms with van der Waals surface area (Å²) < 4.78 is 23.9. The van der Waals surface area contributed by atoms with Crippen molar-refractivity contribution in [2.24, 2.45) is 5.11 Å². The van der Waals surface area contributed by atoms with Crippen molar-refractivity contribution >= 4 is 6.29 Å². The van der Waals surface area contributed by atoms with Gasteiger partial charge in [-0.05, 0) is 31.4 Å². The molecule has 0 aliphatic carbocycles. The summed E-state index contributed by atoms with van der Waals surface area (Å²) in [4.78, 5) is 13.7. The Morgan fingerprint density at radius 2 is 2.00 bits per heavy atom. The van der Waals surface area contributed by atoms with E-state index in [4.69, 9.17) is 24.5 Å². The molecule has 2 heterocycles. The molecule has 0 saturated carbocycles. The molecule has 0 N–H and O–H groups in total. The third-order valence-corrected chi connectivity index (χ3v) is 4.47. The normalized spacial score (nSPS) is 32.5. The maximum Gasteiger partial charge on any atom is 0.187 e. The molecule has 0 amide bonds. The third kappa shape index (κ3) is 4.23. The van der Waals surface area contributed by atoms with E-state index in [1.54, 1.807) is 13.8 Å². The molecule has 5 atom stereocenters. The molecule has 0 bridgehead atoms. The summed E-state index contributed by atoms with van der Waals surface area (Å²) in [6, 6.07) is 9.15. The van der Waals surface area contributed by atoms with Crippen molar-refractivity contribution in [3.8, 4) is 0 Å². The van der Waals surface area contributed by atoms with Crippen molar-refractivity contribution in [3.05, 3.63) is 46.3 Å². The minimum absolute atomic E-state index is 0.301. The van der Waals surface area contributed by atoms with Gasteiger partial charge < -0.3 is 23.7 Å². The first-order chi connectivity index (χ1) is 12.5. The van der Waals surface area contributed by atoms with Crippen molar-refractivity contribution in [1.29, 1.82) is 0 Å². The fraction of sp³-hybridized carbons (Fsp3) is 0.611. The fourth-order valence-electron chi connectivity index (χ4n) is 3.39. The predicted octanol–water partition coefficient (Wildman–Crippen LogP) is 3.11. The summed E-state index contributed by atoms with van der Waals surface area (Å²) in [7, 11) is 0. The van der Waals surface area contributed by atoms with E-state index in [1.165, 1.54) is 0 Å². The van der Waals surface area contributed by atoms with Crippen LogP contribution in [0.1, 0.15) is 32.3 Å². The van der Waals surface area contributed by atoms with Gasteiger partial charge >= 0.3 is 0 Å². The summed E-state index contributed by atoms with van der Waals surface area (Å²) in [6.45, 7) is 3.95. The lowest BCUT2D eigenvalue weighted by Gasteiger charge is -2.40. The highest BCUT2D eigenvalue weighted by Gasteiger charge is 2.55. The van der Waals surface area contributed by atoms with Gasteiger partial charge in [0.1, 0.15) is 18.5 Å². The fourth-order valence-corrected chi connectivity index (χ4v) is 3.39. The highest BCUT2D eigenvalue weighted by Crippen LogP contribution is 2.40. The number of nitrogens with zero attached hydrogens (tertiary/aromatic N) is 3. The maximum absolute atomic E-state index is 10.8. The Morgan fingerprint density at radius 1 is 1.27 bits per heavy atom. The van der Waals surface area contributed by atoms with E-state index in [2.05, 4.69) is 10.0 Å². The molecule has 8 heteroatoms. The lowest BCUT2D eigenvalue weighted by molar-refractivity contribution is -0.260. The average molecular weight is 361 g/mol. The Hall–Kier alpha value is -1.96. The quantitative estimate of drug-likeness (QED) is 0.321.